The molecule has 3 rings (SSSR count). The van der Waals surface area contributed by atoms with Crippen molar-refractivity contribution in [3.8, 4) is 11.5 Å². The molecule has 0 amide bonds. The van der Waals surface area contributed by atoms with Gasteiger partial charge in [0.15, 0.2) is 0 Å². The van der Waals surface area contributed by atoms with Gasteiger partial charge >= 0.3 is 11.9 Å². The van der Waals surface area contributed by atoms with Gasteiger partial charge in [-0.05, 0) is 35.0 Å². The second-order valence-electron chi connectivity index (χ2n) is 5.05. The summed E-state index contributed by atoms with van der Waals surface area (Å²) in [6.07, 6.45) is -4.66. The largest absolute Gasteiger partial charge is 0.450 e. The molecule has 0 fully saturated rings. The third kappa shape index (κ3) is 3.15. The van der Waals surface area contributed by atoms with E-state index < -0.39 is 22.4 Å². The van der Waals surface area contributed by atoms with Crippen molar-refractivity contribution in [2.45, 2.75) is 6.18 Å². The third-order valence-corrected chi connectivity index (χ3v) is 3.43. The average Bonchev–Trinajstić information content (AvgIpc) is 2.54. The average molecular weight is 333 g/mol. The number of nitro groups is 1. The van der Waals surface area contributed by atoms with Gasteiger partial charge in [0.2, 0.25) is 5.75 Å². The molecule has 0 spiro atoms. The number of hydrogen-bond donors (Lipinski definition) is 0. The molecular weight excluding hydrogens is 323 g/mol. The Morgan fingerprint density at radius 1 is 0.917 bits per heavy atom. The number of fused-ring (bicyclic) bond motifs is 1. The van der Waals surface area contributed by atoms with E-state index in [1.54, 1.807) is 18.2 Å². The summed E-state index contributed by atoms with van der Waals surface area (Å²) in [7, 11) is 0. The molecule has 4 nitrogen and oxygen atoms in total. The first-order valence-corrected chi connectivity index (χ1v) is 6.87. The summed E-state index contributed by atoms with van der Waals surface area (Å²) in [6, 6.07) is 14.6. The van der Waals surface area contributed by atoms with Crippen molar-refractivity contribution in [3.05, 3.63) is 76.3 Å². The molecule has 0 aromatic heterocycles. The van der Waals surface area contributed by atoms with Crippen LogP contribution in [0.4, 0.5) is 18.9 Å². The second-order valence-corrected chi connectivity index (χ2v) is 5.05. The van der Waals surface area contributed by atoms with Crippen LogP contribution < -0.4 is 4.74 Å². The lowest BCUT2D eigenvalue weighted by Gasteiger charge is -2.10. The minimum absolute atomic E-state index is 0.247. The Hall–Kier alpha value is -3.09. The molecule has 0 unspecified atom stereocenters. The summed E-state index contributed by atoms with van der Waals surface area (Å²) in [5, 5.41) is 12.9. The predicted molar refractivity (Wildman–Crippen MR) is 82.1 cm³/mol. The Morgan fingerprint density at radius 2 is 1.62 bits per heavy atom. The quantitative estimate of drug-likeness (QED) is 0.466. The van der Waals surface area contributed by atoms with Crippen molar-refractivity contribution in [3.63, 3.8) is 0 Å². The Morgan fingerprint density at radius 3 is 2.29 bits per heavy atom. The number of alkyl halides is 3. The maximum atomic E-state index is 12.7. The minimum Gasteiger partial charge on any atom is -0.450 e. The van der Waals surface area contributed by atoms with Gasteiger partial charge in [-0.15, -0.1) is 0 Å². The molecule has 0 aliphatic rings. The predicted octanol–water partition coefficient (Wildman–Crippen LogP) is 5.56. The number of benzene rings is 3. The SMILES string of the molecule is O=[N+]([O-])c1cc(C(F)(F)F)ccc1Oc1ccc2ccccc2c1. The van der Waals surface area contributed by atoms with Crippen molar-refractivity contribution in [2.75, 3.05) is 0 Å². The highest BCUT2D eigenvalue weighted by Crippen LogP contribution is 2.38. The van der Waals surface area contributed by atoms with Crippen LogP contribution in [-0.2, 0) is 6.18 Å². The van der Waals surface area contributed by atoms with Crippen molar-refractivity contribution in [1.29, 1.82) is 0 Å². The molecule has 0 heterocycles. The molecule has 0 aliphatic heterocycles. The van der Waals surface area contributed by atoms with Gasteiger partial charge in [-0.3, -0.25) is 10.1 Å². The standard InChI is InChI=1S/C17H10F3NO3/c18-17(19,20)13-6-8-16(15(10-13)21(22)23)24-14-7-5-11-3-1-2-4-12(11)9-14/h1-10H. The van der Waals surface area contributed by atoms with E-state index in [1.807, 2.05) is 24.3 Å². The fourth-order valence-corrected chi connectivity index (χ4v) is 2.28. The zero-order valence-electron chi connectivity index (χ0n) is 12.1. The summed E-state index contributed by atoms with van der Waals surface area (Å²) < 4.78 is 43.5. The van der Waals surface area contributed by atoms with E-state index >= 15 is 0 Å². The Balaban J connectivity index is 2.00. The van der Waals surface area contributed by atoms with Crippen molar-refractivity contribution in [2.24, 2.45) is 0 Å². The number of nitrogens with zero attached hydrogens (tertiary/aromatic N) is 1. The number of rotatable bonds is 3. The van der Waals surface area contributed by atoms with Crippen LogP contribution in [0.25, 0.3) is 10.8 Å². The van der Waals surface area contributed by atoms with Crippen LogP contribution in [0.2, 0.25) is 0 Å². The van der Waals surface area contributed by atoms with Crippen LogP contribution in [0.15, 0.2) is 60.7 Å². The molecule has 0 saturated carbocycles. The lowest BCUT2D eigenvalue weighted by Crippen LogP contribution is -2.06. The Bertz CT molecular complexity index is 922. The van der Waals surface area contributed by atoms with Crippen LogP contribution in [0.3, 0.4) is 0 Å². The van der Waals surface area contributed by atoms with E-state index in [2.05, 4.69) is 0 Å². The molecule has 0 aliphatic carbocycles. The first-order chi connectivity index (χ1) is 11.3. The van der Waals surface area contributed by atoms with E-state index in [9.17, 15) is 23.3 Å². The highest BCUT2D eigenvalue weighted by atomic mass is 19.4. The summed E-state index contributed by atoms with van der Waals surface area (Å²) in [5.41, 5.74) is -1.84. The monoisotopic (exact) mass is 333 g/mol. The lowest BCUT2D eigenvalue weighted by molar-refractivity contribution is -0.385. The van der Waals surface area contributed by atoms with Gasteiger partial charge in [-0.2, -0.15) is 13.2 Å². The van der Waals surface area contributed by atoms with Gasteiger partial charge in [0, 0.05) is 6.07 Å². The number of nitro benzene ring substituents is 1. The van der Waals surface area contributed by atoms with Crippen LogP contribution in [0.5, 0.6) is 11.5 Å². The molecule has 3 aromatic carbocycles. The molecule has 0 atom stereocenters. The number of ether oxygens (including phenoxy) is 1. The molecule has 0 bridgehead atoms. The zero-order valence-corrected chi connectivity index (χ0v) is 12.1. The third-order valence-electron chi connectivity index (χ3n) is 3.43. The van der Waals surface area contributed by atoms with Crippen LogP contribution in [0, 0.1) is 10.1 Å². The zero-order chi connectivity index (χ0) is 17.3. The van der Waals surface area contributed by atoms with Crippen molar-refractivity contribution in [1.82, 2.24) is 0 Å². The fraction of sp³-hybridized carbons (Fsp3) is 0.0588. The summed E-state index contributed by atoms with van der Waals surface area (Å²) in [4.78, 5) is 10.2. The molecule has 122 valence electrons. The van der Waals surface area contributed by atoms with E-state index in [0.717, 1.165) is 22.9 Å². The summed E-state index contributed by atoms with van der Waals surface area (Å²) in [5.74, 6) is 0.0554. The highest BCUT2D eigenvalue weighted by molar-refractivity contribution is 5.83. The molecule has 3 aromatic rings. The molecule has 0 N–H and O–H groups in total. The highest BCUT2D eigenvalue weighted by Gasteiger charge is 2.33. The van der Waals surface area contributed by atoms with Gasteiger partial charge in [-0.1, -0.05) is 30.3 Å². The maximum absolute atomic E-state index is 12.7. The maximum Gasteiger partial charge on any atom is 0.416 e. The lowest BCUT2D eigenvalue weighted by atomic mass is 10.1. The molecule has 0 radical (unpaired) electrons. The van der Waals surface area contributed by atoms with Gasteiger partial charge in [0.05, 0.1) is 10.5 Å². The minimum atomic E-state index is -4.66. The molecule has 7 heteroatoms. The van der Waals surface area contributed by atoms with Crippen LogP contribution in [0.1, 0.15) is 5.56 Å². The number of halogens is 3. The van der Waals surface area contributed by atoms with E-state index in [1.165, 1.54) is 0 Å². The summed E-state index contributed by atoms with van der Waals surface area (Å²) in [6.45, 7) is 0. The fourth-order valence-electron chi connectivity index (χ4n) is 2.28. The van der Waals surface area contributed by atoms with Gasteiger partial charge in [-0.25, -0.2) is 0 Å². The Labute approximate surface area is 134 Å². The first-order valence-electron chi connectivity index (χ1n) is 6.87. The summed E-state index contributed by atoms with van der Waals surface area (Å²) >= 11 is 0. The van der Waals surface area contributed by atoms with Crippen molar-refractivity contribution < 1.29 is 22.8 Å². The van der Waals surface area contributed by atoms with E-state index in [0.29, 0.717) is 11.8 Å². The van der Waals surface area contributed by atoms with Crippen LogP contribution >= 0.6 is 0 Å². The van der Waals surface area contributed by atoms with Gasteiger partial charge in [0.25, 0.3) is 0 Å². The van der Waals surface area contributed by atoms with Gasteiger partial charge in [0.1, 0.15) is 5.75 Å². The molecule has 24 heavy (non-hydrogen) atoms. The smallest absolute Gasteiger partial charge is 0.416 e. The number of hydrogen-bond acceptors (Lipinski definition) is 3. The van der Waals surface area contributed by atoms with E-state index in [4.69, 9.17) is 4.74 Å². The second kappa shape index (κ2) is 5.84. The molecular formula is C17H10F3NO3. The van der Waals surface area contributed by atoms with Crippen molar-refractivity contribution >= 4 is 16.5 Å². The Kier molecular flexibility index (Phi) is 3.84. The van der Waals surface area contributed by atoms with Gasteiger partial charge < -0.3 is 4.74 Å². The molecule has 0 saturated heterocycles. The first kappa shape index (κ1) is 15.8. The van der Waals surface area contributed by atoms with E-state index in [-0.39, 0.29) is 5.75 Å². The normalized spacial score (nSPS) is 11.5. The topological polar surface area (TPSA) is 52.4 Å². The van der Waals surface area contributed by atoms with Crippen LogP contribution in [-0.4, -0.2) is 4.92 Å².